The Morgan fingerprint density at radius 3 is 2.84 bits per heavy atom. The minimum atomic E-state index is -0.984. The largest absolute Gasteiger partial charge is 0.480 e. The monoisotopic (exact) mass is 269 g/mol. The summed E-state index contributed by atoms with van der Waals surface area (Å²) in [6, 6.07) is -0.813. The lowest BCUT2D eigenvalue weighted by molar-refractivity contribution is -0.142. The van der Waals surface area contributed by atoms with Crippen molar-refractivity contribution in [3.8, 4) is 0 Å². The van der Waals surface area contributed by atoms with Gasteiger partial charge in [-0.05, 0) is 38.5 Å². The summed E-state index contributed by atoms with van der Waals surface area (Å²) in [5.74, 6) is -1.18. The maximum atomic E-state index is 11.8. The molecule has 0 aromatic heterocycles. The topological polar surface area (TPSA) is 75.6 Å². The van der Waals surface area contributed by atoms with E-state index in [4.69, 9.17) is 9.84 Å². The number of nitrogens with one attached hydrogen (secondary N) is 1. The highest BCUT2D eigenvalue weighted by Gasteiger charge is 2.20. The fourth-order valence-electron chi connectivity index (χ4n) is 2.21. The lowest BCUT2D eigenvalue weighted by atomic mass is 9.97. The van der Waals surface area contributed by atoms with E-state index >= 15 is 0 Å². The molecule has 0 aromatic rings. The van der Waals surface area contributed by atoms with Gasteiger partial charge >= 0.3 is 5.97 Å². The highest BCUT2D eigenvalue weighted by atomic mass is 16.5. The smallest absolute Gasteiger partial charge is 0.326 e. The lowest BCUT2D eigenvalue weighted by Crippen LogP contribution is -2.41. The van der Waals surface area contributed by atoms with E-state index in [2.05, 4.69) is 11.4 Å². The van der Waals surface area contributed by atoms with E-state index in [-0.39, 0.29) is 5.91 Å². The summed E-state index contributed by atoms with van der Waals surface area (Å²) in [5, 5.41) is 11.6. The molecule has 19 heavy (non-hydrogen) atoms. The van der Waals surface area contributed by atoms with Crippen LogP contribution in [0.5, 0.6) is 0 Å². The van der Waals surface area contributed by atoms with Crippen LogP contribution in [0.1, 0.15) is 44.9 Å². The Balaban J connectivity index is 2.37. The second-order valence-corrected chi connectivity index (χ2v) is 4.88. The Morgan fingerprint density at radius 1 is 1.47 bits per heavy atom. The molecule has 1 aliphatic rings. The quantitative estimate of drug-likeness (QED) is 0.521. The molecule has 0 bridgehead atoms. The molecule has 0 radical (unpaired) electrons. The number of hydrogen-bond acceptors (Lipinski definition) is 3. The zero-order valence-electron chi connectivity index (χ0n) is 11.5. The molecule has 1 aliphatic carbocycles. The first-order chi connectivity index (χ1) is 9.13. The lowest BCUT2D eigenvalue weighted by Gasteiger charge is -2.16. The van der Waals surface area contributed by atoms with E-state index in [0.717, 1.165) is 24.8 Å². The summed E-state index contributed by atoms with van der Waals surface area (Å²) in [7, 11) is 1.57. The number of ether oxygens (including phenoxy) is 1. The fraction of sp³-hybridized carbons (Fsp3) is 0.714. The van der Waals surface area contributed by atoms with Crippen LogP contribution in [-0.2, 0) is 14.3 Å². The summed E-state index contributed by atoms with van der Waals surface area (Å²) in [6.45, 7) is 0.505. The van der Waals surface area contributed by atoms with Crippen molar-refractivity contribution in [1.82, 2.24) is 5.32 Å². The van der Waals surface area contributed by atoms with Crippen LogP contribution in [0.15, 0.2) is 11.6 Å². The van der Waals surface area contributed by atoms with E-state index < -0.39 is 12.0 Å². The molecule has 1 unspecified atom stereocenters. The van der Waals surface area contributed by atoms with Gasteiger partial charge in [0.05, 0.1) is 0 Å². The van der Waals surface area contributed by atoms with Crippen molar-refractivity contribution < 1.29 is 19.4 Å². The zero-order valence-corrected chi connectivity index (χ0v) is 11.5. The Morgan fingerprint density at radius 2 is 2.26 bits per heavy atom. The SMILES string of the molecule is COCCCC(NC(=O)CC1=CCCCC1)C(=O)O. The predicted octanol–water partition coefficient (Wildman–Crippen LogP) is 1.87. The molecular formula is C14H23NO4. The molecule has 1 rings (SSSR count). The molecule has 0 saturated carbocycles. The Hall–Kier alpha value is -1.36. The van der Waals surface area contributed by atoms with Crippen LogP contribution >= 0.6 is 0 Å². The number of allylic oxidation sites excluding steroid dienone is 1. The Kier molecular flexibility index (Phi) is 7.18. The maximum Gasteiger partial charge on any atom is 0.326 e. The third kappa shape index (κ3) is 6.38. The van der Waals surface area contributed by atoms with E-state index in [1.54, 1.807) is 7.11 Å². The number of rotatable bonds is 8. The molecule has 1 atom stereocenters. The molecule has 0 heterocycles. The van der Waals surface area contributed by atoms with Gasteiger partial charge in [-0.3, -0.25) is 4.79 Å². The standard InChI is InChI=1S/C14H23NO4/c1-19-9-5-8-12(14(17)18)15-13(16)10-11-6-3-2-4-7-11/h6,12H,2-5,7-10H2,1H3,(H,15,16)(H,17,18). The maximum absolute atomic E-state index is 11.8. The number of methoxy groups -OCH3 is 1. The highest BCUT2D eigenvalue weighted by molar-refractivity contribution is 5.84. The molecule has 5 heteroatoms. The van der Waals surface area contributed by atoms with E-state index in [9.17, 15) is 9.59 Å². The van der Waals surface area contributed by atoms with Crippen LogP contribution in [0.3, 0.4) is 0 Å². The molecule has 0 spiro atoms. The summed E-state index contributed by atoms with van der Waals surface area (Å²) < 4.78 is 4.88. The summed E-state index contributed by atoms with van der Waals surface area (Å²) in [4.78, 5) is 22.9. The van der Waals surface area contributed by atoms with Crippen LogP contribution in [0.2, 0.25) is 0 Å². The average Bonchev–Trinajstić information content (AvgIpc) is 2.38. The number of carbonyl (C=O) groups excluding carboxylic acids is 1. The number of hydrogen-bond donors (Lipinski definition) is 2. The first-order valence-electron chi connectivity index (χ1n) is 6.82. The van der Waals surface area contributed by atoms with Crippen LogP contribution in [0, 0.1) is 0 Å². The van der Waals surface area contributed by atoms with Crippen LogP contribution in [0.25, 0.3) is 0 Å². The number of carboxylic acid groups (broad SMARTS) is 1. The van der Waals surface area contributed by atoms with Crippen molar-refractivity contribution in [2.45, 2.75) is 51.0 Å². The van der Waals surface area contributed by atoms with Crippen molar-refractivity contribution in [2.24, 2.45) is 0 Å². The number of aliphatic carboxylic acids is 1. The van der Waals surface area contributed by atoms with Gasteiger partial charge in [-0.1, -0.05) is 11.6 Å². The van der Waals surface area contributed by atoms with Gasteiger partial charge in [-0.25, -0.2) is 4.79 Å². The third-order valence-corrected chi connectivity index (χ3v) is 3.25. The molecule has 0 aliphatic heterocycles. The van der Waals surface area contributed by atoms with Crippen LogP contribution < -0.4 is 5.32 Å². The van der Waals surface area contributed by atoms with Crippen molar-refractivity contribution in [2.75, 3.05) is 13.7 Å². The first-order valence-corrected chi connectivity index (χ1v) is 6.82. The second kappa shape index (κ2) is 8.69. The number of carboxylic acids is 1. The minimum absolute atomic E-state index is 0.196. The molecule has 2 N–H and O–H groups in total. The summed E-state index contributed by atoms with van der Waals surface area (Å²) >= 11 is 0. The van der Waals surface area contributed by atoms with Crippen molar-refractivity contribution in [3.63, 3.8) is 0 Å². The van der Waals surface area contributed by atoms with Crippen molar-refractivity contribution in [1.29, 1.82) is 0 Å². The number of carbonyl (C=O) groups is 2. The highest BCUT2D eigenvalue weighted by Crippen LogP contribution is 2.19. The third-order valence-electron chi connectivity index (χ3n) is 3.25. The Labute approximate surface area is 114 Å². The second-order valence-electron chi connectivity index (χ2n) is 4.88. The molecular weight excluding hydrogens is 246 g/mol. The van der Waals surface area contributed by atoms with Gasteiger partial charge in [0.1, 0.15) is 6.04 Å². The van der Waals surface area contributed by atoms with E-state index in [1.165, 1.54) is 6.42 Å². The first kappa shape index (κ1) is 15.7. The van der Waals surface area contributed by atoms with Gasteiger partial charge in [0.2, 0.25) is 5.91 Å². The van der Waals surface area contributed by atoms with Crippen LogP contribution in [-0.4, -0.2) is 36.7 Å². The molecule has 0 saturated heterocycles. The summed E-state index contributed by atoms with van der Waals surface area (Å²) in [5.41, 5.74) is 1.13. The molecule has 0 fully saturated rings. The molecule has 108 valence electrons. The summed E-state index contributed by atoms with van der Waals surface area (Å²) in [6.07, 6.45) is 7.73. The number of amides is 1. The minimum Gasteiger partial charge on any atom is -0.480 e. The van der Waals surface area contributed by atoms with Gasteiger partial charge in [0.25, 0.3) is 0 Å². The van der Waals surface area contributed by atoms with Crippen molar-refractivity contribution in [3.05, 3.63) is 11.6 Å². The molecule has 5 nitrogen and oxygen atoms in total. The van der Waals surface area contributed by atoms with Crippen molar-refractivity contribution >= 4 is 11.9 Å². The predicted molar refractivity (Wildman–Crippen MR) is 71.8 cm³/mol. The molecule has 1 amide bonds. The van der Waals surface area contributed by atoms with Gasteiger partial charge in [0.15, 0.2) is 0 Å². The van der Waals surface area contributed by atoms with Crippen LogP contribution in [0.4, 0.5) is 0 Å². The van der Waals surface area contributed by atoms with Gasteiger partial charge in [0, 0.05) is 20.1 Å². The van der Waals surface area contributed by atoms with E-state index in [0.29, 0.717) is 25.9 Å². The molecule has 0 aromatic carbocycles. The zero-order chi connectivity index (χ0) is 14.1. The van der Waals surface area contributed by atoms with E-state index in [1.807, 2.05) is 0 Å². The van der Waals surface area contributed by atoms with Gasteiger partial charge in [-0.2, -0.15) is 0 Å². The van der Waals surface area contributed by atoms with Gasteiger partial charge < -0.3 is 15.2 Å². The fourth-order valence-corrected chi connectivity index (χ4v) is 2.21. The normalized spacial score (nSPS) is 16.6. The Bertz CT molecular complexity index is 338. The van der Waals surface area contributed by atoms with Gasteiger partial charge in [-0.15, -0.1) is 0 Å². The average molecular weight is 269 g/mol.